The smallest absolute Gasteiger partial charge is 0.336 e. The second-order valence-electron chi connectivity index (χ2n) is 9.08. The van der Waals surface area contributed by atoms with Crippen molar-refractivity contribution in [2.75, 3.05) is 18.0 Å². The van der Waals surface area contributed by atoms with Crippen molar-refractivity contribution < 1.29 is 64.0 Å². The van der Waals surface area contributed by atoms with E-state index < -0.39 is 92.2 Å². The van der Waals surface area contributed by atoms with Gasteiger partial charge in [-0.3, -0.25) is 14.5 Å². The first-order valence-corrected chi connectivity index (χ1v) is 16.3. The van der Waals surface area contributed by atoms with Crippen LogP contribution in [0.15, 0.2) is 56.7 Å². The standard InChI is InChI=1S/C24H21N3O13S3/c25-16-6-4-13-18(15-10-11(23(28)29)2-3-12(15)24(30)31)14-5-7-17(26)22(43(37,38)39)20(14)40-19(13)21(16)42(35,36)27-8-1-9-41(32,33)34/h2-7,10,25,27H,1,8-9,26H2,(H,28,29)(H,30,31)(H,32,33,34)(H,37,38,39)/p+1. The van der Waals surface area contributed by atoms with E-state index in [4.69, 9.17) is 20.1 Å². The zero-order valence-corrected chi connectivity index (χ0v) is 24.0. The lowest BCUT2D eigenvalue weighted by Crippen LogP contribution is -2.49. The number of hydrogen-bond acceptors (Lipinski definition) is 10. The molecule has 1 aliphatic carbocycles. The molecule has 0 fully saturated rings. The van der Waals surface area contributed by atoms with Crippen molar-refractivity contribution in [1.82, 2.24) is 4.72 Å². The average Bonchev–Trinajstić information content (AvgIpc) is 2.87. The summed E-state index contributed by atoms with van der Waals surface area (Å²) in [6, 6.07) is 7.57. The Morgan fingerprint density at radius 1 is 0.884 bits per heavy atom. The molecule has 1 aliphatic heterocycles. The highest BCUT2D eigenvalue weighted by molar-refractivity contribution is 7.89. The molecule has 0 amide bonds. The molecule has 0 unspecified atom stereocenters. The van der Waals surface area contributed by atoms with Crippen LogP contribution in [0.2, 0.25) is 0 Å². The molecule has 4 rings (SSSR count). The number of nitrogen functional groups attached to an aromatic ring is 1. The molecule has 16 nitrogen and oxygen atoms in total. The Kier molecular flexibility index (Phi) is 8.08. The summed E-state index contributed by atoms with van der Waals surface area (Å²) in [6.07, 6.45) is -0.360. The number of benzene rings is 3. The van der Waals surface area contributed by atoms with Crippen LogP contribution in [-0.2, 0) is 30.3 Å². The molecular weight excluding hydrogens is 634 g/mol. The minimum absolute atomic E-state index is 0.170. The zero-order chi connectivity index (χ0) is 32.1. The van der Waals surface area contributed by atoms with E-state index >= 15 is 0 Å². The summed E-state index contributed by atoms with van der Waals surface area (Å²) in [4.78, 5) is 22.2. The molecule has 1 heterocycles. The van der Waals surface area contributed by atoms with E-state index in [1.807, 2.05) is 0 Å². The Morgan fingerprint density at radius 2 is 1.56 bits per heavy atom. The number of hydrogen-bond donors (Lipinski definition) is 7. The SMILES string of the molecule is Nc1ccc2c(-c3cc(C(=O)O)ccc3C(=O)O)c3ccc(=[NH2+])c(S(=O)(=O)NCCCS(=O)(=O)O)c-3oc2c1S(=O)(=O)O. The normalized spacial score (nSPS) is 12.5. The van der Waals surface area contributed by atoms with Crippen LogP contribution in [-0.4, -0.2) is 68.8 Å². The van der Waals surface area contributed by atoms with Gasteiger partial charge in [0.25, 0.3) is 30.3 Å². The fourth-order valence-corrected chi connectivity index (χ4v) is 7.03. The van der Waals surface area contributed by atoms with Gasteiger partial charge in [-0.1, -0.05) is 0 Å². The minimum Gasteiger partial charge on any atom is -0.478 e. The first-order valence-electron chi connectivity index (χ1n) is 11.8. The highest BCUT2D eigenvalue weighted by Gasteiger charge is 2.33. The lowest BCUT2D eigenvalue weighted by molar-refractivity contribution is -0.176. The molecule has 0 atom stereocenters. The van der Waals surface area contributed by atoms with Crippen LogP contribution in [0.3, 0.4) is 0 Å². The Labute approximate surface area is 242 Å². The third-order valence-corrected chi connectivity index (χ3v) is 9.48. The monoisotopic (exact) mass is 656 g/mol. The van der Waals surface area contributed by atoms with Crippen molar-refractivity contribution in [3.05, 3.63) is 58.9 Å². The molecule has 9 N–H and O–H groups in total. The molecule has 0 radical (unpaired) electrons. The molecule has 2 aromatic carbocycles. The summed E-state index contributed by atoms with van der Waals surface area (Å²) >= 11 is 0. The van der Waals surface area contributed by atoms with Gasteiger partial charge in [0.2, 0.25) is 5.36 Å². The van der Waals surface area contributed by atoms with Crippen LogP contribution in [0.25, 0.3) is 33.4 Å². The summed E-state index contributed by atoms with van der Waals surface area (Å²) < 4.78 is 100. The summed E-state index contributed by atoms with van der Waals surface area (Å²) in [7, 11) is -14.3. The molecule has 2 aliphatic rings. The Bertz CT molecular complexity index is 2190. The number of carbonyl (C=O) groups is 2. The van der Waals surface area contributed by atoms with Gasteiger partial charge >= 0.3 is 11.9 Å². The maximum atomic E-state index is 13.4. The van der Waals surface area contributed by atoms with Gasteiger partial charge in [0, 0.05) is 29.1 Å². The van der Waals surface area contributed by atoms with E-state index in [-0.39, 0.29) is 34.1 Å². The van der Waals surface area contributed by atoms with Gasteiger partial charge in [-0.2, -0.15) is 16.8 Å². The fourth-order valence-electron chi connectivity index (χ4n) is 4.44. The van der Waals surface area contributed by atoms with Gasteiger partial charge in [0.1, 0.15) is 0 Å². The largest absolute Gasteiger partial charge is 0.478 e. The van der Waals surface area contributed by atoms with Crippen LogP contribution >= 0.6 is 0 Å². The van der Waals surface area contributed by atoms with E-state index in [1.165, 1.54) is 12.1 Å². The molecule has 0 aromatic heterocycles. The summed E-state index contributed by atoms with van der Waals surface area (Å²) in [6.45, 7) is -0.509. The van der Waals surface area contributed by atoms with E-state index in [0.717, 1.165) is 30.3 Å². The molecule has 0 saturated heterocycles. The topological polar surface area (TPSA) is 294 Å². The number of rotatable bonds is 10. The number of fused-ring (bicyclic) bond motifs is 2. The number of carboxylic acids is 2. The third-order valence-electron chi connectivity index (χ3n) is 6.19. The van der Waals surface area contributed by atoms with E-state index in [1.54, 1.807) is 0 Å². The third kappa shape index (κ3) is 6.21. The van der Waals surface area contributed by atoms with Gasteiger partial charge in [-0.05, 0) is 48.4 Å². The van der Waals surface area contributed by atoms with Gasteiger partial charge < -0.3 is 20.4 Å². The van der Waals surface area contributed by atoms with Gasteiger partial charge in [0.15, 0.2) is 21.1 Å². The van der Waals surface area contributed by atoms with Crippen LogP contribution in [0, 0.1) is 0 Å². The summed E-state index contributed by atoms with van der Waals surface area (Å²) in [5.41, 5.74) is 3.07. The quantitative estimate of drug-likeness (QED) is 0.0497. The highest BCUT2D eigenvalue weighted by Crippen LogP contribution is 2.45. The van der Waals surface area contributed by atoms with Crippen molar-refractivity contribution >= 4 is 58.9 Å². The van der Waals surface area contributed by atoms with E-state index in [0.29, 0.717) is 0 Å². The van der Waals surface area contributed by atoms with Crippen molar-refractivity contribution in [2.24, 2.45) is 0 Å². The molecule has 0 spiro atoms. The van der Waals surface area contributed by atoms with Crippen LogP contribution in [0.4, 0.5) is 5.69 Å². The van der Waals surface area contributed by atoms with E-state index in [9.17, 15) is 49.6 Å². The zero-order valence-electron chi connectivity index (χ0n) is 21.5. The fraction of sp³-hybridized carbons (Fsp3) is 0.125. The number of nitrogens with one attached hydrogen (secondary N) is 1. The molecular formula is C24H22N3O13S3+. The molecule has 228 valence electrons. The van der Waals surface area contributed by atoms with Crippen LogP contribution in [0.1, 0.15) is 27.1 Å². The van der Waals surface area contributed by atoms with Gasteiger partial charge in [0.05, 0.1) is 22.6 Å². The van der Waals surface area contributed by atoms with Crippen molar-refractivity contribution in [2.45, 2.75) is 16.2 Å². The summed E-state index contributed by atoms with van der Waals surface area (Å²) in [5.74, 6) is -4.40. The predicted octanol–water partition coefficient (Wildman–Crippen LogP) is -0.354. The number of aromatic carboxylic acids is 2. The Hall–Kier alpha value is -4.40. The minimum atomic E-state index is -5.17. The number of nitrogens with two attached hydrogens (primary N) is 2. The molecule has 0 bridgehead atoms. The van der Waals surface area contributed by atoms with E-state index in [2.05, 4.69) is 4.72 Å². The van der Waals surface area contributed by atoms with Gasteiger partial charge in [-0.25, -0.2) is 22.7 Å². The number of anilines is 1. The first-order chi connectivity index (χ1) is 19.8. The lowest BCUT2D eigenvalue weighted by Gasteiger charge is -2.20. The number of carboxylic acid groups (broad SMARTS) is 2. The Balaban J connectivity index is 2.18. The molecule has 2 aromatic rings. The van der Waals surface area contributed by atoms with Gasteiger partial charge in [-0.15, -0.1) is 0 Å². The average molecular weight is 657 g/mol. The molecule has 43 heavy (non-hydrogen) atoms. The number of sulfonamides is 1. The molecule has 0 saturated carbocycles. The highest BCUT2D eigenvalue weighted by atomic mass is 32.2. The maximum Gasteiger partial charge on any atom is 0.336 e. The summed E-state index contributed by atoms with van der Waals surface area (Å²) in [5, 5.41) is 24.9. The predicted molar refractivity (Wildman–Crippen MR) is 148 cm³/mol. The maximum absolute atomic E-state index is 13.4. The Morgan fingerprint density at radius 3 is 2.14 bits per heavy atom. The second kappa shape index (κ2) is 11.0. The van der Waals surface area contributed by atoms with Crippen molar-refractivity contribution in [1.29, 1.82) is 0 Å². The van der Waals surface area contributed by atoms with Crippen LogP contribution < -0.4 is 21.2 Å². The van der Waals surface area contributed by atoms with Crippen molar-refractivity contribution in [3.8, 4) is 22.5 Å². The second-order valence-corrected chi connectivity index (χ2v) is 13.7. The first kappa shape index (κ1) is 31.5. The molecule has 19 heteroatoms. The van der Waals surface area contributed by atoms with Crippen molar-refractivity contribution in [3.63, 3.8) is 0 Å². The lowest BCUT2D eigenvalue weighted by atomic mass is 9.89. The van der Waals surface area contributed by atoms with Crippen LogP contribution in [0.5, 0.6) is 0 Å².